The maximum absolute atomic E-state index is 6.07. The Kier molecular flexibility index (Phi) is 5.90. The second-order valence-corrected chi connectivity index (χ2v) is 8.83. The fourth-order valence-electron chi connectivity index (χ4n) is 2.80. The number of hydrogen-bond acceptors (Lipinski definition) is 3. The van der Waals surface area contributed by atoms with Gasteiger partial charge in [-0.1, -0.05) is 42.4 Å². The Labute approximate surface area is 169 Å². The van der Waals surface area contributed by atoms with Gasteiger partial charge in [0.05, 0.1) is 5.69 Å². The van der Waals surface area contributed by atoms with Gasteiger partial charge in [-0.15, -0.1) is 0 Å². The van der Waals surface area contributed by atoms with Crippen LogP contribution >= 0.6 is 35.6 Å². The van der Waals surface area contributed by atoms with Crippen LogP contribution in [0.2, 0.25) is 5.02 Å². The van der Waals surface area contributed by atoms with Crippen molar-refractivity contribution in [2.45, 2.75) is 32.9 Å². The largest absolute Gasteiger partial charge is 0.332 e. The van der Waals surface area contributed by atoms with Gasteiger partial charge in [-0.2, -0.15) is 0 Å². The molecule has 0 spiro atoms. The molecule has 1 atom stereocenters. The third-order valence-electron chi connectivity index (χ3n) is 4.33. The summed E-state index contributed by atoms with van der Waals surface area (Å²) < 4.78 is 0. The summed E-state index contributed by atoms with van der Waals surface area (Å²) in [7, 11) is 0. The Morgan fingerprint density at radius 3 is 2.65 bits per heavy atom. The molecule has 0 saturated carbocycles. The van der Waals surface area contributed by atoms with Crippen LogP contribution in [0.15, 0.2) is 41.4 Å². The van der Waals surface area contributed by atoms with E-state index in [1.165, 1.54) is 16.7 Å². The van der Waals surface area contributed by atoms with Crippen molar-refractivity contribution in [3.63, 3.8) is 0 Å². The zero-order valence-corrected chi connectivity index (χ0v) is 17.7. The monoisotopic (exact) mass is 403 g/mol. The van der Waals surface area contributed by atoms with Crippen molar-refractivity contribution < 1.29 is 0 Å². The number of rotatable bonds is 2. The molecular weight excluding hydrogens is 382 g/mol. The van der Waals surface area contributed by atoms with E-state index in [-0.39, 0.29) is 0 Å². The molecule has 26 heavy (non-hydrogen) atoms. The van der Waals surface area contributed by atoms with Crippen LogP contribution in [-0.2, 0) is 0 Å². The van der Waals surface area contributed by atoms with E-state index < -0.39 is 0 Å². The number of amidine groups is 1. The van der Waals surface area contributed by atoms with Crippen LogP contribution in [0.25, 0.3) is 0 Å². The molecule has 2 aromatic carbocycles. The average molecular weight is 404 g/mol. The van der Waals surface area contributed by atoms with Crippen molar-refractivity contribution in [3.8, 4) is 0 Å². The number of aryl methyl sites for hydroxylation is 3. The third kappa shape index (κ3) is 4.40. The van der Waals surface area contributed by atoms with Gasteiger partial charge in [0.25, 0.3) is 0 Å². The van der Waals surface area contributed by atoms with Gasteiger partial charge in [-0.05, 0) is 73.9 Å². The molecule has 6 heteroatoms. The molecule has 0 bridgehead atoms. The Bertz CT molecular complexity index is 879. The second kappa shape index (κ2) is 7.99. The van der Waals surface area contributed by atoms with Gasteiger partial charge in [0.15, 0.2) is 10.3 Å². The van der Waals surface area contributed by atoms with Crippen LogP contribution in [0.3, 0.4) is 0 Å². The number of benzene rings is 2. The smallest absolute Gasteiger partial charge is 0.179 e. The minimum absolute atomic E-state index is 0.430. The van der Waals surface area contributed by atoms with E-state index in [1.807, 2.05) is 24.3 Å². The Morgan fingerprint density at radius 2 is 1.92 bits per heavy atom. The highest BCUT2D eigenvalue weighted by Gasteiger charge is 2.29. The van der Waals surface area contributed by atoms with Gasteiger partial charge in [0.1, 0.15) is 0 Å². The van der Waals surface area contributed by atoms with E-state index >= 15 is 0 Å². The number of anilines is 1. The van der Waals surface area contributed by atoms with Crippen molar-refractivity contribution in [2.24, 2.45) is 4.99 Å². The highest BCUT2D eigenvalue weighted by atomic mass is 35.5. The summed E-state index contributed by atoms with van der Waals surface area (Å²) >= 11 is 13.5. The van der Waals surface area contributed by atoms with E-state index in [2.05, 4.69) is 50.0 Å². The van der Waals surface area contributed by atoms with E-state index in [1.54, 1.807) is 11.8 Å². The Morgan fingerprint density at radius 1 is 1.19 bits per heavy atom. The summed E-state index contributed by atoms with van der Waals surface area (Å²) in [5.74, 6) is 0. The first-order chi connectivity index (χ1) is 12.3. The van der Waals surface area contributed by atoms with E-state index in [4.69, 9.17) is 28.8 Å². The third-order valence-corrected chi connectivity index (χ3v) is 5.96. The molecule has 2 aromatic rings. The number of nitrogens with one attached hydrogen (secondary N) is 1. The zero-order valence-electron chi connectivity index (χ0n) is 15.3. The van der Waals surface area contributed by atoms with Crippen molar-refractivity contribution >= 4 is 57.2 Å². The molecule has 1 N–H and O–H groups in total. The SMILES string of the molecule is Cc1cc(C)c(N=C2SC(C)CN2C(=S)Nc2cccc(Cl)c2)cc1C. The summed E-state index contributed by atoms with van der Waals surface area (Å²) in [5.41, 5.74) is 5.59. The molecule has 1 fully saturated rings. The Balaban J connectivity index is 1.86. The van der Waals surface area contributed by atoms with Crippen LogP contribution in [0.1, 0.15) is 23.6 Å². The van der Waals surface area contributed by atoms with Gasteiger partial charge in [-0.25, -0.2) is 4.99 Å². The highest BCUT2D eigenvalue weighted by Crippen LogP contribution is 2.31. The molecule has 0 amide bonds. The molecule has 1 aliphatic heterocycles. The molecule has 0 radical (unpaired) electrons. The number of aliphatic imine (C=N–C) groups is 1. The molecule has 1 aliphatic rings. The molecule has 136 valence electrons. The van der Waals surface area contributed by atoms with Gasteiger partial charge in [-0.3, -0.25) is 4.90 Å². The highest BCUT2D eigenvalue weighted by molar-refractivity contribution is 8.14. The van der Waals surface area contributed by atoms with Crippen LogP contribution < -0.4 is 5.32 Å². The number of thioether (sulfide) groups is 1. The first kappa shape index (κ1) is 19.2. The minimum Gasteiger partial charge on any atom is -0.332 e. The quantitative estimate of drug-likeness (QED) is 0.614. The fourth-order valence-corrected chi connectivity index (χ4v) is 4.35. The van der Waals surface area contributed by atoms with Crippen LogP contribution in [0.4, 0.5) is 11.4 Å². The maximum atomic E-state index is 6.07. The normalized spacial score (nSPS) is 18.4. The molecule has 1 heterocycles. The molecule has 3 nitrogen and oxygen atoms in total. The predicted octanol–water partition coefficient (Wildman–Crippen LogP) is 6.09. The van der Waals surface area contributed by atoms with E-state index in [9.17, 15) is 0 Å². The lowest BCUT2D eigenvalue weighted by atomic mass is 10.1. The Hall–Kier alpha value is -1.56. The second-order valence-electron chi connectivity index (χ2n) is 6.60. The first-order valence-corrected chi connectivity index (χ1v) is 10.2. The van der Waals surface area contributed by atoms with Crippen LogP contribution in [0.5, 0.6) is 0 Å². The minimum atomic E-state index is 0.430. The first-order valence-electron chi connectivity index (χ1n) is 8.51. The van der Waals surface area contributed by atoms with Crippen LogP contribution in [-0.4, -0.2) is 27.0 Å². The van der Waals surface area contributed by atoms with Gasteiger partial charge >= 0.3 is 0 Å². The van der Waals surface area contributed by atoms with Crippen molar-refractivity contribution in [2.75, 3.05) is 11.9 Å². The summed E-state index contributed by atoms with van der Waals surface area (Å²) in [6.45, 7) is 9.37. The molecule has 0 aromatic heterocycles. The van der Waals surface area contributed by atoms with Gasteiger partial charge in [0.2, 0.25) is 0 Å². The van der Waals surface area contributed by atoms with Crippen molar-refractivity contribution in [1.82, 2.24) is 4.90 Å². The van der Waals surface area contributed by atoms with E-state index in [0.717, 1.165) is 23.1 Å². The summed E-state index contributed by atoms with van der Waals surface area (Å²) in [6.07, 6.45) is 0. The van der Waals surface area contributed by atoms with E-state index in [0.29, 0.717) is 15.4 Å². The summed E-state index contributed by atoms with van der Waals surface area (Å²) in [6, 6.07) is 11.9. The number of thiocarbonyl (C=S) groups is 1. The standard InChI is InChI=1S/C20H22ClN3S2/c1-12-8-14(3)18(9-13(12)2)23-20-24(11-15(4)26-20)19(25)22-17-7-5-6-16(21)10-17/h5-10,15H,11H2,1-4H3,(H,22,25). The predicted molar refractivity (Wildman–Crippen MR) is 119 cm³/mol. The molecule has 1 saturated heterocycles. The molecular formula is C20H22ClN3S2. The lowest BCUT2D eigenvalue weighted by Crippen LogP contribution is -2.36. The summed E-state index contributed by atoms with van der Waals surface area (Å²) in [4.78, 5) is 6.99. The van der Waals surface area contributed by atoms with Crippen LogP contribution in [0, 0.1) is 20.8 Å². The topological polar surface area (TPSA) is 27.6 Å². The van der Waals surface area contributed by atoms with Crippen molar-refractivity contribution in [3.05, 3.63) is 58.1 Å². The molecule has 1 unspecified atom stereocenters. The average Bonchev–Trinajstić information content (AvgIpc) is 2.93. The lowest BCUT2D eigenvalue weighted by molar-refractivity contribution is 0.641. The zero-order chi connectivity index (χ0) is 18.8. The maximum Gasteiger partial charge on any atom is 0.179 e. The number of halogens is 1. The van der Waals surface area contributed by atoms with Gasteiger partial charge < -0.3 is 5.32 Å². The number of hydrogen-bond donors (Lipinski definition) is 1. The number of nitrogens with zero attached hydrogens (tertiary/aromatic N) is 2. The molecule has 0 aliphatic carbocycles. The fraction of sp³-hybridized carbons (Fsp3) is 0.300. The summed E-state index contributed by atoms with van der Waals surface area (Å²) in [5, 5.41) is 5.96. The lowest BCUT2D eigenvalue weighted by Gasteiger charge is -2.20. The van der Waals surface area contributed by atoms with Gasteiger partial charge in [0, 0.05) is 22.5 Å². The molecule has 3 rings (SSSR count). The van der Waals surface area contributed by atoms with Crippen molar-refractivity contribution in [1.29, 1.82) is 0 Å².